The van der Waals surface area contributed by atoms with Gasteiger partial charge < -0.3 is 4.74 Å². The van der Waals surface area contributed by atoms with Gasteiger partial charge in [0.25, 0.3) is 0 Å². The van der Waals surface area contributed by atoms with Crippen LogP contribution in [0.5, 0.6) is 0 Å². The third-order valence-corrected chi connectivity index (χ3v) is 1.95. The molecule has 2 heteroatoms. The molecule has 1 unspecified atom stereocenters. The highest BCUT2D eigenvalue weighted by molar-refractivity contribution is 5.88. The monoisotopic (exact) mass is 140 g/mol. The maximum atomic E-state index is 10.8. The minimum atomic E-state index is -0.210. The van der Waals surface area contributed by atoms with E-state index in [2.05, 4.69) is 13.5 Å². The number of hydrogen-bond acceptors (Lipinski definition) is 2. The standard InChI is InChI=1S/C8H12O2/c1-3-7-4-5-10-8(9)6(7)2/h7H,2-5H2,1H3. The maximum Gasteiger partial charge on any atom is 0.333 e. The zero-order chi connectivity index (χ0) is 7.56. The van der Waals surface area contributed by atoms with E-state index in [9.17, 15) is 4.79 Å². The van der Waals surface area contributed by atoms with Gasteiger partial charge in [-0.05, 0) is 18.8 Å². The molecule has 10 heavy (non-hydrogen) atoms. The summed E-state index contributed by atoms with van der Waals surface area (Å²) >= 11 is 0. The molecule has 56 valence electrons. The number of ether oxygens (including phenoxy) is 1. The van der Waals surface area contributed by atoms with E-state index < -0.39 is 0 Å². The lowest BCUT2D eigenvalue weighted by Gasteiger charge is -2.21. The first-order valence-corrected chi connectivity index (χ1v) is 3.61. The van der Waals surface area contributed by atoms with E-state index in [4.69, 9.17) is 4.74 Å². The van der Waals surface area contributed by atoms with Gasteiger partial charge in [-0.15, -0.1) is 0 Å². The van der Waals surface area contributed by atoms with Crippen molar-refractivity contribution in [1.29, 1.82) is 0 Å². The van der Waals surface area contributed by atoms with Gasteiger partial charge in [0.15, 0.2) is 0 Å². The zero-order valence-corrected chi connectivity index (χ0v) is 6.22. The Bertz CT molecular complexity index is 161. The minimum Gasteiger partial charge on any atom is -0.462 e. The summed E-state index contributed by atoms with van der Waals surface area (Å²) in [7, 11) is 0. The molecule has 0 aromatic rings. The third kappa shape index (κ3) is 1.20. The van der Waals surface area contributed by atoms with Gasteiger partial charge in [0, 0.05) is 5.57 Å². The molecule has 1 fully saturated rings. The minimum absolute atomic E-state index is 0.210. The lowest BCUT2D eigenvalue weighted by molar-refractivity contribution is -0.142. The van der Waals surface area contributed by atoms with Crippen LogP contribution in [0.1, 0.15) is 19.8 Å². The molecular formula is C8H12O2. The number of carbonyl (C=O) groups excluding carboxylic acids is 1. The summed E-state index contributed by atoms with van der Waals surface area (Å²) in [6, 6.07) is 0. The fourth-order valence-corrected chi connectivity index (χ4v) is 1.18. The second kappa shape index (κ2) is 2.86. The summed E-state index contributed by atoms with van der Waals surface area (Å²) in [5, 5.41) is 0. The summed E-state index contributed by atoms with van der Waals surface area (Å²) in [4.78, 5) is 10.8. The molecule has 1 saturated heterocycles. The van der Waals surface area contributed by atoms with E-state index in [0.29, 0.717) is 18.1 Å². The molecule has 1 heterocycles. The lowest BCUT2D eigenvalue weighted by Crippen LogP contribution is -2.22. The van der Waals surface area contributed by atoms with Crippen LogP contribution in [0.3, 0.4) is 0 Å². The molecule has 0 aromatic carbocycles. The van der Waals surface area contributed by atoms with E-state index in [1.807, 2.05) is 0 Å². The summed E-state index contributed by atoms with van der Waals surface area (Å²) in [6.07, 6.45) is 1.94. The van der Waals surface area contributed by atoms with Crippen LogP contribution < -0.4 is 0 Å². The molecule has 1 aliphatic rings. The van der Waals surface area contributed by atoms with Crippen molar-refractivity contribution < 1.29 is 9.53 Å². The van der Waals surface area contributed by atoms with Crippen LogP contribution in [0, 0.1) is 5.92 Å². The van der Waals surface area contributed by atoms with Gasteiger partial charge in [-0.1, -0.05) is 13.5 Å². The van der Waals surface area contributed by atoms with Crippen LogP contribution in [0.4, 0.5) is 0 Å². The van der Waals surface area contributed by atoms with Crippen molar-refractivity contribution >= 4 is 5.97 Å². The number of carbonyl (C=O) groups is 1. The first-order valence-electron chi connectivity index (χ1n) is 3.61. The Hall–Kier alpha value is -0.790. The Morgan fingerprint density at radius 2 is 2.50 bits per heavy atom. The molecule has 0 saturated carbocycles. The predicted octanol–water partition coefficient (Wildman–Crippen LogP) is 1.52. The van der Waals surface area contributed by atoms with Crippen molar-refractivity contribution in [3.05, 3.63) is 12.2 Å². The second-order valence-electron chi connectivity index (χ2n) is 2.56. The van der Waals surface area contributed by atoms with Crippen LogP contribution in [-0.4, -0.2) is 12.6 Å². The number of cyclic esters (lactones) is 1. The highest BCUT2D eigenvalue weighted by Crippen LogP contribution is 2.22. The van der Waals surface area contributed by atoms with Gasteiger partial charge in [0.05, 0.1) is 6.61 Å². The fourth-order valence-electron chi connectivity index (χ4n) is 1.18. The van der Waals surface area contributed by atoms with Crippen molar-refractivity contribution in [3.8, 4) is 0 Å². The van der Waals surface area contributed by atoms with Crippen molar-refractivity contribution in [2.45, 2.75) is 19.8 Å². The number of esters is 1. The normalized spacial score (nSPS) is 26.3. The highest BCUT2D eigenvalue weighted by atomic mass is 16.5. The largest absolute Gasteiger partial charge is 0.462 e. The first-order chi connectivity index (χ1) is 4.75. The van der Waals surface area contributed by atoms with Crippen LogP contribution in [-0.2, 0) is 9.53 Å². The average Bonchev–Trinajstić information content (AvgIpc) is 1.95. The Morgan fingerprint density at radius 1 is 1.80 bits per heavy atom. The van der Waals surface area contributed by atoms with Crippen molar-refractivity contribution in [3.63, 3.8) is 0 Å². The van der Waals surface area contributed by atoms with Crippen LogP contribution >= 0.6 is 0 Å². The lowest BCUT2D eigenvalue weighted by atomic mass is 9.93. The van der Waals surface area contributed by atoms with Crippen LogP contribution in [0.15, 0.2) is 12.2 Å². The molecule has 0 bridgehead atoms. The van der Waals surface area contributed by atoms with Crippen molar-refractivity contribution in [2.24, 2.45) is 5.92 Å². The quantitative estimate of drug-likeness (QED) is 0.407. The van der Waals surface area contributed by atoms with E-state index >= 15 is 0 Å². The molecule has 0 aromatic heterocycles. The molecule has 0 amide bonds. The topological polar surface area (TPSA) is 26.3 Å². The smallest absolute Gasteiger partial charge is 0.333 e. The molecule has 0 aliphatic carbocycles. The SMILES string of the molecule is C=C1C(=O)OCCC1CC. The summed E-state index contributed by atoms with van der Waals surface area (Å²) in [5.74, 6) is 0.152. The van der Waals surface area contributed by atoms with Crippen LogP contribution in [0.2, 0.25) is 0 Å². The Balaban J connectivity index is 2.60. The maximum absolute atomic E-state index is 10.8. The predicted molar refractivity (Wildman–Crippen MR) is 38.5 cm³/mol. The molecule has 1 rings (SSSR count). The zero-order valence-electron chi connectivity index (χ0n) is 6.22. The van der Waals surface area contributed by atoms with Crippen molar-refractivity contribution in [2.75, 3.05) is 6.61 Å². The van der Waals surface area contributed by atoms with E-state index in [0.717, 1.165) is 12.8 Å². The fraction of sp³-hybridized carbons (Fsp3) is 0.625. The van der Waals surface area contributed by atoms with Gasteiger partial charge in [-0.3, -0.25) is 0 Å². The first kappa shape index (κ1) is 7.32. The third-order valence-electron chi connectivity index (χ3n) is 1.95. The number of hydrogen-bond donors (Lipinski definition) is 0. The van der Waals surface area contributed by atoms with Gasteiger partial charge in [0.1, 0.15) is 0 Å². The Kier molecular flexibility index (Phi) is 2.10. The molecule has 0 spiro atoms. The second-order valence-corrected chi connectivity index (χ2v) is 2.56. The molecule has 2 nitrogen and oxygen atoms in total. The van der Waals surface area contributed by atoms with E-state index in [1.54, 1.807) is 0 Å². The van der Waals surface area contributed by atoms with Gasteiger partial charge in [0.2, 0.25) is 0 Å². The van der Waals surface area contributed by atoms with Gasteiger partial charge in [-0.2, -0.15) is 0 Å². The van der Waals surface area contributed by atoms with Crippen LogP contribution in [0.25, 0.3) is 0 Å². The number of rotatable bonds is 1. The molecule has 0 radical (unpaired) electrons. The van der Waals surface area contributed by atoms with Gasteiger partial charge in [-0.25, -0.2) is 4.79 Å². The van der Waals surface area contributed by atoms with Crippen molar-refractivity contribution in [1.82, 2.24) is 0 Å². The Labute approximate surface area is 60.9 Å². The summed E-state index contributed by atoms with van der Waals surface area (Å²) in [5.41, 5.74) is 0.647. The molecule has 1 atom stereocenters. The molecule has 0 N–H and O–H groups in total. The van der Waals surface area contributed by atoms with E-state index in [-0.39, 0.29) is 5.97 Å². The molecule has 1 aliphatic heterocycles. The summed E-state index contributed by atoms with van der Waals surface area (Å²) in [6.45, 7) is 6.30. The average molecular weight is 140 g/mol. The van der Waals surface area contributed by atoms with Gasteiger partial charge >= 0.3 is 5.97 Å². The highest BCUT2D eigenvalue weighted by Gasteiger charge is 2.23. The Morgan fingerprint density at radius 3 is 3.00 bits per heavy atom. The molecular weight excluding hydrogens is 128 g/mol. The summed E-state index contributed by atoms with van der Waals surface area (Å²) < 4.78 is 4.78. The van der Waals surface area contributed by atoms with E-state index in [1.165, 1.54) is 0 Å².